The van der Waals surface area contributed by atoms with E-state index in [1.165, 1.54) is 11.3 Å². The molecule has 0 saturated carbocycles. The highest BCUT2D eigenvalue weighted by atomic mass is 32.1. The third-order valence-electron chi connectivity index (χ3n) is 3.55. The number of thiophene rings is 1. The van der Waals surface area contributed by atoms with E-state index in [2.05, 4.69) is 10.6 Å². The molecule has 24 heavy (non-hydrogen) atoms. The Hall–Kier alpha value is -2.18. The van der Waals surface area contributed by atoms with E-state index in [1.54, 1.807) is 6.07 Å². The lowest BCUT2D eigenvalue weighted by Gasteiger charge is -2.19. The van der Waals surface area contributed by atoms with Gasteiger partial charge in [0, 0.05) is 19.0 Å². The van der Waals surface area contributed by atoms with Crippen molar-refractivity contribution in [2.24, 2.45) is 5.73 Å². The SMILES string of the molecule is CC(N)CCNC(=O)C(Cc1ccccc1)NC(=O)c1cccs1. The van der Waals surface area contributed by atoms with Crippen LogP contribution in [-0.2, 0) is 11.2 Å². The number of benzene rings is 1. The molecule has 2 unspecified atom stereocenters. The molecule has 0 aliphatic heterocycles. The molecule has 0 aliphatic carbocycles. The maximum atomic E-state index is 12.5. The first-order valence-corrected chi connectivity index (χ1v) is 8.86. The molecule has 0 fully saturated rings. The molecule has 0 aliphatic rings. The zero-order valence-corrected chi connectivity index (χ0v) is 14.5. The van der Waals surface area contributed by atoms with Crippen LogP contribution in [0.5, 0.6) is 0 Å². The van der Waals surface area contributed by atoms with Crippen LogP contribution in [0.25, 0.3) is 0 Å². The summed E-state index contributed by atoms with van der Waals surface area (Å²) in [4.78, 5) is 25.4. The van der Waals surface area contributed by atoms with Crippen molar-refractivity contribution >= 4 is 23.2 Å². The van der Waals surface area contributed by atoms with Crippen LogP contribution < -0.4 is 16.4 Å². The second-order valence-corrected chi connectivity index (χ2v) is 6.70. The van der Waals surface area contributed by atoms with Gasteiger partial charge in [-0.15, -0.1) is 11.3 Å². The number of nitrogens with one attached hydrogen (secondary N) is 2. The highest BCUT2D eigenvalue weighted by molar-refractivity contribution is 7.12. The smallest absolute Gasteiger partial charge is 0.262 e. The summed E-state index contributed by atoms with van der Waals surface area (Å²) in [5.41, 5.74) is 6.70. The van der Waals surface area contributed by atoms with Crippen molar-refractivity contribution in [2.45, 2.75) is 31.8 Å². The number of rotatable bonds is 8. The summed E-state index contributed by atoms with van der Waals surface area (Å²) in [6.45, 7) is 2.39. The summed E-state index contributed by atoms with van der Waals surface area (Å²) in [7, 11) is 0. The van der Waals surface area contributed by atoms with Gasteiger partial charge in [0.15, 0.2) is 0 Å². The van der Waals surface area contributed by atoms with Gasteiger partial charge in [-0.3, -0.25) is 9.59 Å². The van der Waals surface area contributed by atoms with Crippen molar-refractivity contribution in [3.63, 3.8) is 0 Å². The molecule has 4 N–H and O–H groups in total. The number of amides is 2. The van der Waals surface area contributed by atoms with Crippen LogP contribution in [0.1, 0.15) is 28.6 Å². The van der Waals surface area contributed by atoms with E-state index in [1.807, 2.05) is 48.7 Å². The lowest BCUT2D eigenvalue weighted by molar-refractivity contribution is -0.122. The summed E-state index contributed by atoms with van der Waals surface area (Å²) < 4.78 is 0. The minimum absolute atomic E-state index is 0.0265. The van der Waals surface area contributed by atoms with E-state index in [0.717, 1.165) is 5.56 Å². The topological polar surface area (TPSA) is 84.2 Å². The molecule has 1 aromatic heterocycles. The molecule has 2 rings (SSSR count). The van der Waals surface area contributed by atoms with E-state index < -0.39 is 6.04 Å². The Balaban J connectivity index is 2.02. The van der Waals surface area contributed by atoms with Crippen molar-refractivity contribution in [1.82, 2.24) is 10.6 Å². The van der Waals surface area contributed by atoms with Gasteiger partial charge in [-0.2, -0.15) is 0 Å². The maximum Gasteiger partial charge on any atom is 0.262 e. The summed E-state index contributed by atoms with van der Waals surface area (Å²) in [6, 6.07) is 12.6. The summed E-state index contributed by atoms with van der Waals surface area (Å²) in [6.07, 6.45) is 1.14. The van der Waals surface area contributed by atoms with Crippen LogP contribution in [0.4, 0.5) is 0 Å². The van der Waals surface area contributed by atoms with Gasteiger partial charge in [-0.1, -0.05) is 36.4 Å². The average Bonchev–Trinajstić information content (AvgIpc) is 3.09. The van der Waals surface area contributed by atoms with E-state index in [4.69, 9.17) is 5.73 Å². The Bertz CT molecular complexity index is 642. The predicted molar refractivity (Wildman–Crippen MR) is 97.0 cm³/mol. The van der Waals surface area contributed by atoms with Crippen LogP contribution in [0.2, 0.25) is 0 Å². The molecule has 0 radical (unpaired) electrons. The highest BCUT2D eigenvalue weighted by Crippen LogP contribution is 2.10. The van der Waals surface area contributed by atoms with E-state index in [-0.39, 0.29) is 17.9 Å². The normalized spacial score (nSPS) is 13.1. The molecule has 2 atom stereocenters. The van der Waals surface area contributed by atoms with Crippen molar-refractivity contribution < 1.29 is 9.59 Å². The highest BCUT2D eigenvalue weighted by Gasteiger charge is 2.22. The van der Waals surface area contributed by atoms with Crippen molar-refractivity contribution in [1.29, 1.82) is 0 Å². The van der Waals surface area contributed by atoms with Gasteiger partial charge in [-0.05, 0) is 30.4 Å². The van der Waals surface area contributed by atoms with Gasteiger partial charge in [0.2, 0.25) is 5.91 Å². The molecule has 1 aromatic carbocycles. The molecule has 128 valence electrons. The number of carbonyl (C=O) groups is 2. The third kappa shape index (κ3) is 5.79. The molecule has 6 heteroatoms. The Kier molecular flexibility index (Phi) is 6.96. The van der Waals surface area contributed by atoms with Gasteiger partial charge in [0.25, 0.3) is 5.91 Å². The zero-order valence-electron chi connectivity index (χ0n) is 13.7. The first kappa shape index (κ1) is 18.2. The monoisotopic (exact) mass is 345 g/mol. The molecule has 1 heterocycles. The number of nitrogens with two attached hydrogens (primary N) is 1. The van der Waals surface area contributed by atoms with Gasteiger partial charge in [0.05, 0.1) is 4.88 Å². The second-order valence-electron chi connectivity index (χ2n) is 5.75. The zero-order chi connectivity index (χ0) is 17.4. The van der Waals surface area contributed by atoms with Gasteiger partial charge < -0.3 is 16.4 Å². The fourth-order valence-electron chi connectivity index (χ4n) is 2.24. The number of hydrogen-bond acceptors (Lipinski definition) is 4. The van der Waals surface area contributed by atoms with Crippen LogP contribution in [0, 0.1) is 0 Å². The van der Waals surface area contributed by atoms with Crippen LogP contribution >= 0.6 is 11.3 Å². The van der Waals surface area contributed by atoms with E-state index in [9.17, 15) is 9.59 Å². The first-order chi connectivity index (χ1) is 11.6. The first-order valence-electron chi connectivity index (χ1n) is 7.98. The Morgan fingerprint density at radius 1 is 1.17 bits per heavy atom. The standard InChI is InChI=1S/C18H23N3O2S/c1-13(19)9-10-20-17(22)15(12-14-6-3-2-4-7-14)21-18(23)16-8-5-11-24-16/h2-8,11,13,15H,9-10,12,19H2,1H3,(H,20,22)(H,21,23). The van der Waals surface area contributed by atoms with Gasteiger partial charge >= 0.3 is 0 Å². The Morgan fingerprint density at radius 2 is 1.92 bits per heavy atom. The van der Waals surface area contributed by atoms with Gasteiger partial charge in [-0.25, -0.2) is 0 Å². The average molecular weight is 345 g/mol. The minimum atomic E-state index is -0.616. The molecule has 0 bridgehead atoms. The third-order valence-corrected chi connectivity index (χ3v) is 4.42. The van der Waals surface area contributed by atoms with Crippen LogP contribution in [0.15, 0.2) is 47.8 Å². The molecule has 5 nitrogen and oxygen atoms in total. The molecule has 0 spiro atoms. The number of hydrogen-bond donors (Lipinski definition) is 3. The fourth-order valence-corrected chi connectivity index (χ4v) is 2.87. The molecule has 2 amide bonds. The second kappa shape index (κ2) is 9.20. The van der Waals surface area contributed by atoms with Crippen molar-refractivity contribution in [3.05, 3.63) is 58.3 Å². The van der Waals surface area contributed by atoms with Crippen LogP contribution in [-0.4, -0.2) is 30.4 Å². The summed E-state index contributed by atoms with van der Waals surface area (Å²) >= 11 is 1.35. The van der Waals surface area contributed by atoms with Crippen LogP contribution in [0.3, 0.4) is 0 Å². The fraction of sp³-hybridized carbons (Fsp3) is 0.333. The quantitative estimate of drug-likeness (QED) is 0.684. The number of carbonyl (C=O) groups excluding carboxylic acids is 2. The maximum absolute atomic E-state index is 12.5. The molecule has 2 aromatic rings. The van der Waals surface area contributed by atoms with Crippen molar-refractivity contribution in [3.8, 4) is 0 Å². The molecular formula is C18H23N3O2S. The van der Waals surface area contributed by atoms with Crippen molar-refractivity contribution in [2.75, 3.05) is 6.54 Å². The predicted octanol–water partition coefficient (Wildman–Crippen LogP) is 1.94. The molecule has 0 saturated heterocycles. The lowest BCUT2D eigenvalue weighted by Crippen LogP contribution is -2.48. The minimum Gasteiger partial charge on any atom is -0.354 e. The Labute approximate surface area is 146 Å². The summed E-state index contributed by atoms with van der Waals surface area (Å²) in [5.74, 6) is -0.419. The summed E-state index contributed by atoms with van der Waals surface area (Å²) in [5, 5.41) is 7.53. The lowest BCUT2D eigenvalue weighted by atomic mass is 10.0. The van der Waals surface area contributed by atoms with E-state index in [0.29, 0.717) is 24.3 Å². The largest absolute Gasteiger partial charge is 0.354 e. The Morgan fingerprint density at radius 3 is 2.54 bits per heavy atom. The van der Waals surface area contributed by atoms with Gasteiger partial charge in [0.1, 0.15) is 6.04 Å². The molecular weight excluding hydrogens is 322 g/mol. The van der Waals surface area contributed by atoms with E-state index >= 15 is 0 Å².